The Kier molecular flexibility index (Phi) is 4.13. The summed E-state index contributed by atoms with van der Waals surface area (Å²) >= 11 is 0. The summed E-state index contributed by atoms with van der Waals surface area (Å²) in [7, 11) is 0. The Morgan fingerprint density at radius 2 is 2.00 bits per heavy atom. The molecule has 24 heavy (non-hydrogen) atoms. The fraction of sp³-hybridized carbons (Fsp3) is 0.389. The maximum Gasteiger partial charge on any atom is 0.259 e. The molecule has 0 aliphatic rings. The molecule has 3 aromatic rings. The van der Waals surface area contributed by atoms with Crippen LogP contribution in [0.5, 0.6) is 0 Å². The van der Waals surface area contributed by atoms with Crippen molar-refractivity contribution in [2.75, 3.05) is 6.54 Å². The van der Waals surface area contributed by atoms with Gasteiger partial charge in [-0.25, -0.2) is 4.98 Å². The Bertz CT molecular complexity index is 906. The predicted octanol–water partition coefficient (Wildman–Crippen LogP) is 3.79. The average molecular weight is 327 g/mol. The second-order valence-corrected chi connectivity index (χ2v) is 6.43. The van der Waals surface area contributed by atoms with Crippen molar-refractivity contribution in [3.05, 3.63) is 34.9 Å². The number of aryl methyl sites for hydroxylation is 3. The van der Waals surface area contributed by atoms with E-state index >= 15 is 0 Å². The van der Waals surface area contributed by atoms with Gasteiger partial charge in [-0.05, 0) is 38.8 Å². The third-order valence-electron chi connectivity index (χ3n) is 3.85. The van der Waals surface area contributed by atoms with Crippen LogP contribution in [-0.4, -0.2) is 22.6 Å². The molecule has 1 amide bonds. The molecule has 0 fully saturated rings. The maximum atomic E-state index is 12.7. The van der Waals surface area contributed by atoms with Gasteiger partial charge in [-0.3, -0.25) is 4.79 Å². The van der Waals surface area contributed by atoms with Gasteiger partial charge in [0.25, 0.3) is 11.6 Å². The largest absolute Gasteiger partial charge is 0.466 e. The van der Waals surface area contributed by atoms with E-state index in [0.29, 0.717) is 40.5 Å². The first kappa shape index (κ1) is 16.2. The van der Waals surface area contributed by atoms with E-state index in [2.05, 4.69) is 29.3 Å². The van der Waals surface area contributed by atoms with Gasteiger partial charge in [0, 0.05) is 12.1 Å². The van der Waals surface area contributed by atoms with Crippen LogP contribution in [0.25, 0.3) is 22.4 Å². The standard InChI is InChI=1S/C18H21N3O3/c1-9(2)8-19-17(22)14-7-15(13-6-10(3)23-12(13)5)20-18-16(14)11(4)21-24-18/h6-7,9H,8H2,1-5H3,(H,19,22). The van der Waals surface area contributed by atoms with Crippen LogP contribution in [0.15, 0.2) is 21.1 Å². The lowest BCUT2D eigenvalue weighted by atomic mass is 10.1. The number of carbonyl (C=O) groups excluding carboxylic acids is 1. The van der Waals surface area contributed by atoms with Crippen molar-refractivity contribution in [1.29, 1.82) is 0 Å². The lowest BCUT2D eigenvalue weighted by Crippen LogP contribution is -2.27. The fourth-order valence-corrected chi connectivity index (χ4v) is 2.69. The molecule has 0 spiro atoms. The van der Waals surface area contributed by atoms with E-state index in [-0.39, 0.29) is 5.91 Å². The van der Waals surface area contributed by atoms with Crippen LogP contribution < -0.4 is 5.32 Å². The highest BCUT2D eigenvalue weighted by atomic mass is 16.5. The average Bonchev–Trinajstić information content (AvgIpc) is 3.06. The summed E-state index contributed by atoms with van der Waals surface area (Å²) in [6.07, 6.45) is 0. The number of nitrogens with one attached hydrogen (secondary N) is 1. The van der Waals surface area contributed by atoms with Crippen molar-refractivity contribution in [2.24, 2.45) is 5.92 Å². The molecule has 0 unspecified atom stereocenters. The zero-order chi connectivity index (χ0) is 17.4. The molecule has 0 saturated carbocycles. The molecule has 126 valence electrons. The molecule has 6 nitrogen and oxygen atoms in total. The number of pyridine rings is 1. The highest BCUT2D eigenvalue weighted by molar-refractivity contribution is 6.07. The molecule has 0 radical (unpaired) electrons. The van der Waals surface area contributed by atoms with Crippen molar-refractivity contribution >= 4 is 17.0 Å². The van der Waals surface area contributed by atoms with Crippen molar-refractivity contribution in [3.63, 3.8) is 0 Å². The van der Waals surface area contributed by atoms with Gasteiger partial charge in [-0.15, -0.1) is 0 Å². The molecule has 0 aromatic carbocycles. The van der Waals surface area contributed by atoms with Crippen LogP contribution in [0.3, 0.4) is 0 Å². The van der Waals surface area contributed by atoms with Gasteiger partial charge < -0.3 is 14.3 Å². The van der Waals surface area contributed by atoms with Gasteiger partial charge in [-0.1, -0.05) is 19.0 Å². The van der Waals surface area contributed by atoms with E-state index in [4.69, 9.17) is 8.94 Å². The third kappa shape index (κ3) is 2.91. The first-order chi connectivity index (χ1) is 11.4. The highest BCUT2D eigenvalue weighted by Crippen LogP contribution is 2.30. The summed E-state index contributed by atoms with van der Waals surface area (Å²) in [5.41, 5.74) is 3.02. The van der Waals surface area contributed by atoms with E-state index in [1.54, 1.807) is 13.0 Å². The Morgan fingerprint density at radius 3 is 2.62 bits per heavy atom. The van der Waals surface area contributed by atoms with Crippen LogP contribution in [0, 0.1) is 26.7 Å². The van der Waals surface area contributed by atoms with Gasteiger partial charge >= 0.3 is 0 Å². The zero-order valence-corrected chi connectivity index (χ0v) is 14.6. The molecule has 6 heteroatoms. The summed E-state index contributed by atoms with van der Waals surface area (Å²) in [6.45, 7) is 10.3. The van der Waals surface area contributed by atoms with E-state index in [9.17, 15) is 4.79 Å². The number of carbonyl (C=O) groups is 1. The number of amides is 1. The zero-order valence-electron chi connectivity index (χ0n) is 14.6. The van der Waals surface area contributed by atoms with Crippen molar-refractivity contribution in [3.8, 4) is 11.3 Å². The Balaban J connectivity index is 2.13. The van der Waals surface area contributed by atoms with E-state index < -0.39 is 0 Å². The van der Waals surface area contributed by atoms with Gasteiger partial charge in [0.15, 0.2) is 0 Å². The SMILES string of the molecule is Cc1cc(-c2cc(C(=O)NCC(C)C)c3c(C)noc3n2)c(C)o1. The number of hydrogen-bond acceptors (Lipinski definition) is 5. The van der Waals surface area contributed by atoms with Crippen LogP contribution in [0.2, 0.25) is 0 Å². The molecule has 0 bridgehead atoms. The normalized spacial score (nSPS) is 11.4. The predicted molar refractivity (Wildman–Crippen MR) is 90.9 cm³/mol. The van der Waals surface area contributed by atoms with Crippen LogP contribution in [-0.2, 0) is 0 Å². The molecule has 3 aromatic heterocycles. The Morgan fingerprint density at radius 1 is 1.25 bits per heavy atom. The van der Waals surface area contributed by atoms with Crippen molar-refractivity contribution in [1.82, 2.24) is 15.5 Å². The number of furan rings is 1. The molecule has 0 aliphatic heterocycles. The quantitative estimate of drug-likeness (QED) is 0.788. The fourth-order valence-electron chi connectivity index (χ4n) is 2.69. The lowest BCUT2D eigenvalue weighted by molar-refractivity contribution is 0.0950. The highest BCUT2D eigenvalue weighted by Gasteiger charge is 2.20. The van der Waals surface area contributed by atoms with Gasteiger partial charge in [0.2, 0.25) is 0 Å². The number of nitrogens with zero attached hydrogens (tertiary/aromatic N) is 2. The second kappa shape index (κ2) is 6.11. The summed E-state index contributed by atoms with van der Waals surface area (Å²) < 4.78 is 10.9. The van der Waals surface area contributed by atoms with Crippen LogP contribution in [0.4, 0.5) is 0 Å². The Hall–Kier alpha value is -2.63. The van der Waals surface area contributed by atoms with Crippen LogP contribution >= 0.6 is 0 Å². The topological polar surface area (TPSA) is 81.2 Å². The molecule has 1 N–H and O–H groups in total. The number of rotatable bonds is 4. The maximum absolute atomic E-state index is 12.7. The molecule has 0 atom stereocenters. The van der Waals surface area contributed by atoms with Crippen molar-refractivity contribution < 1.29 is 13.7 Å². The lowest BCUT2D eigenvalue weighted by Gasteiger charge is -2.09. The van der Waals surface area contributed by atoms with Crippen molar-refractivity contribution in [2.45, 2.75) is 34.6 Å². The summed E-state index contributed by atoms with van der Waals surface area (Å²) in [5, 5.41) is 7.55. The van der Waals surface area contributed by atoms with E-state index in [1.165, 1.54) is 0 Å². The molecule has 0 saturated heterocycles. The van der Waals surface area contributed by atoms with Gasteiger partial charge in [0.1, 0.15) is 11.5 Å². The van der Waals surface area contributed by atoms with E-state index in [1.807, 2.05) is 19.9 Å². The first-order valence-corrected chi connectivity index (χ1v) is 7.99. The summed E-state index contributed by atoms with van der Waals surface area (Å²) in [5.74, 6) is 1.77. The first-order valence-electron chi connectivity index (χ1n) is 7.99. The minimum Gasteiger partial charge on any atom is -0.466 e. The molecule has 0 aliphatic carbocycles. The van der Waals surface area contributed by atoms with Crippen LogP contribution in [0.1, 0.15) is 41.4 Å². The molecule has 3 heterocycles. The number of hydrogen-bond donors (Lipinski definition) is 1. The summed E-state index contributed by atoms with van der Waals surface area (Å²) in [6, 6.07) is 3.68. The molecular weight excluding hydrogens is 306 g/mol. The minimum atomic E-state index is -0.151. The summed E-state index contributed by atoms with van der Waals surface area (Å²) in [4.78, 5) is 17.2. The molecule has 3 rings (SSSR count). The second-order valence-electron chi connectivity index (χ2n) is 6.43. The number of aromatic nitrogens is 2. The Labute approximate surface area is 140 Å². The minimum absolute atomic E-state index is 0.151. The third-order valence-corrected chi connectivity index (χ3v) is 3.85. The smallest absolute Gasteiger partial charge is 0.259 e. The van der Waals surface area contributed by atoms with Gasteiger partial charge in [0.05, 0.1) is 22.3 Å². The monoisotopic (exact) mass is 327 g/mol. The van der Waals surface area contributed by atoms with Gasteiger partial charge in [-0.2, -0.15) is 0 Å². The number of fused-ring (bicyclic) bond motifs is 1. The van der Waals surface area contributed by atoms with E-state index in [0.717, 1.165) is 17.1 Å². The molecular formula is C18H21N3O3.